The Morgan fingerprint density at radius 1 is 1.56 bits per heavy atom. The van der Waals surface area contributed by atoms with E-state index in [1.54, 1.807) is 17.4 Å². The number of carbonyl (C=O) groups excluding carboxylic acids is 1. The molecule has 2 N–H and O–H groups in total. The van der Waals surface area contributed by atoms with Crippen molar-refractivity contribution in [1.82, 2.24) is 5.32 Å². The van der Waals surface area contributed by atoms with Gasteiger partial charge in [0, 0.05) is 28.3 Å². The molecule has 1 heterocycles. The normalized spacial score (nSPS) is 23.7. The van der Waals surface area contributed by atoms with Crippen molar-refractivity contribution in [3.05, 3.63) is 28.0 Å². The van der Waals surface area contributed by atoms with Gasteiger partial charge in [0.05, 0.1) is 6.10 Å². The van der Waals surface area contributed by atoms with Crippen LogP contribution in [0.5, 0.6) is 0 Å². The highest BCUT2D eigenvalue weighted by Gasteiger charge is 2.24. The minimum absolute atomic E-state index is 0.0832. The van der Waals surface area contributed by atoms with E-state index >= 15 is 0 Å². The highest BCUT2D eigenvalue weighted by molar-refractivity contribution is 7.12. The number of thiophene rings is 1. The molecule has 1 fully saturated rings. The summed E-state index contributed by atoms with van der Waals surface area (Å²) in [6.07, 6.45) is 6.09. The topological polar surface area (TPSA) is 49.3 Å². The maximum Gasteiger partial charge on any atom is 0.244 e. The smallest absolute Gasteiger partial charge is 0.244 e. The van der Waals surface area contributed by atoms with Crippen molar-refractivity contribution in [2.75, 3.05) is 6.54 Å². The Balaban J connectivity index is 1.76. The lowest BCUT2D eigenvalue weighted by atomic mass is 10.1. The highest BCUT2D eigenvalue weighted by atomic mass is 32.1. The third-order valence-corrected chi connectivity index (χ3v) is 4.28. The predicted octanol–water partition coefficient (Wildman–Crippen LogP) is 2.35. The molecular weight excluding hydrogens is 246 g/mol. The molecule has 0 aliphatic heterocycles. The first kappa shape index (κ1) is 13.3. The average Bonchev–Trinajstić information content (AvgIpc) is 2.93. The van der Waals surface area contributed by atoms with Gasteiger partial charge in [0.2, 0.25) is 5.91 Å². The first-order valence-electron chi connectivity index (χ1n) is 6.35. The second kappa shape index (κ2) is 6.16. The summed E-state index contributed by atoms with van der Waals surface area (Å²) >= 11 is 1.67. The Labute approximate surface area is 112 Å². The molecule has 1 aromatic heterocycles. The van der Waals surface area contributed by atoms with Crippen molar-refractivity contribution in [2.45, 2.75) is 32.3 Å². The summed E-state index contributed by atoms with van der Waals surface area (Å²) in [6, 6.07) is 4.04. The number of carbonyl (C=O) groups is 1. The maximum atomic E-state index is 11.6. The number of aliphatic hydroxyl groups excluding tert-OH is 1. The largest absolute Gasteiger partial charge is 0.393 e. The third kappa shape index (κ3) is 3.68. The molecule has 1 aromatic rings. The standard InChI is InChI=1S/C14H19NO2S/c1-10-5-6-12(18-10)7-8-14(17)15-9-11-3-2-4-13(11)16/h5-8,11,13,16H,2-4,9H2,1H3,(H,15,17). The van der Waals surface area contributed by atoms with Crippen LogP contribution >= 0.6 is 11.3 Å². The number of amides is 1. The fourth-order valence-corrected chi connectivity index (χ4v) is 3.03. The zero-order valence-corrected chi connectivity index (χ0v) is 11.4. The maximum absolute atomic E-state index is 11.6. The molecule has 18 heavy (non-hydrogen) atoms. The van der Waals surface area contributed by atoms with Crippen LogP contribution in [0.2, 0.25) is 0 Å². The van der Waals surface area contributed by atoms with Crippen LogP contribution in [-0.4, -0.2) is 23.7 Å². The van der Waals surface area contributed by atoms with E-state index in [2.05, 4.69) is 5.32 Å². The number of nitrogens with one attached hydrogen (secondary N) is 1. The minimum Gasteiger partial charge on any atom is -0.393 e. The van der Waals surface area contributed by atoms with E-state index in [0.29, 0.717) is 6.54 Å². The molecule has 0 saturated heterocycles. The summed E-state index contributed by atoms with van der Waals surface area (Å²) in [7, 11) is 0. The lowest BCUT2D eigenvalue weighted by Gasteiger charge is -2.13. The van der Waals surface area contributed by atoms with Gasteiger partial charge >= 0.3 is 0 Å². The van der Waals surface area contributed by atoms with Crippen LogP contribution in [-0.2, 0) is 4.79 Å². The number of aryl methyl sites for hydroxylation is 1. The molecular formula is C14H19NO2S. The van der Waals surface area contributed by atoms with E-state index in [1.807, 2.05) is 25.1 Å². The van der Waals surface area contributed by atoms with Gasteiger partial charge in [0.25, 0.3) is 0 Å². The van der Waals surface area contributed by atoms with Gasteiger partial charge in [0.15, 0.2) is 0 Å². The molecule has 2 unspecified atom stereocenters. The monoisotopic (exact) mass is 265 g/mol. The van der Waals surface area contributed by atoms with Gasteiger partial charge < -0.3 is 10.4 Å². The molecule has 1 aliphatic carbocycles. The molecule has 1 saturated carbocycles. The van der Waals surface area contributed by atoms with Crippen LogP contribution in [0.25, 0.3) is 6.08 Å². The van der Waals surface area contributed by atoms with Gasteiger partial charge in [-0.15, -0.1) is 11.3 Å². The van der Waals surface area contributed by atoms with Gasteiger partial charge in [-0.05, 0) is 38.0 Å². The number of aliphatic hydroxyl groups is 1. The zero-order valence-electron chi connectivity index (χ0n) is 10.6. The van der Waals surface area contributed by atoms with Crippen LogP contribution in [0.1, 0.15) is 29.0 Å². The van der Waals surface area contributed by atoms with Crippen LogP contribution in [0.3, 0.4) is 0 Å². The van der Waals surface area contributed by atoms with Crippen LogP contribution in [0, 0.1) is 12.8 Å². The Hall–Kier alpha value is -1.13. The fourth-order valence-electron chi connectivity index (χ4n) is 2.25. The molecule has 98 valence electrons. The summed E-state index contributed by atoms with van der Waals surface area (Å²) in [5.41, 5.74) is 0. The molecule has 1 amide bonds. The lowest BCUT2D eigenvalue weighted by Crippen LogP contribution is -2.31. The number of hydrogen-bond donors (Lipinski definition) is 2. The summed E-state index contributed by atoms with van der Waals surface area (Å²) in [5.74, 6) is 0.145. The van der Waals surface area contributed by atoms with Gasteiger partial charge in [-0.3, -0.25) is 4.79 Å². The first-order chi connectivity index (χ1) is 8.65. The van der Waals surface area contributed by atoms with Gasteiger partial charge in [-0.1, -0.05) is 6.42 Å². The molecule has 0 radical (unpaired) electrons. The Kier molecular flexibility index (Phi) is 4.55. The molecule has 0 spiro atoms. The molecule has 1 aliphatic rings. The minimum atomic E-state index is -0.241. The summed E-state index contributed by atoms with van der Waals surface area (Å²) in [6.45, 7) is 2.62. The van der Waals surface area contributed by atoms with E-state index < -0.39 is 0 Å². The van der Waals surface area contributed by atoms with E-state index in [-0.39, 0.29) is 17.9 Å². The molecule has 3 nitrogen and oxygen atoms in total. The fraction of sp³-hybridized carbons (Fsp3) is 0.500. The van der Waals surface area contributed by atoms with Gasteiger partial charge in [-0.2, -0.15) is 0 Å². The zero-order chi connectivity index (χ0) is 13.0. The van der Waals surface area contributed by atoms with Crippen LogP contribution < -0.4 is 5.32 Å². The molecule has 2 atom stereocenters. The Morgan fingerprint density at radius 2 is 2.39 bits per heavy atom. The first-order valence-corrected chi connectivity index (χ1v) is 7.17. The molecule has 0 aromatic carbocycles. The second-order valence-corrected chi connectivity index (χ2v) is 6.10. The lowest BCUT2D eigenvalue weighted by molar-refractivity contribution is -0.116. The third-order valence-electron chi connectivity index (χ3n) is 3.32. The van der Waals surface area contributed by atoms with Crippen LogP contribution in [0.4, 0.5) is 0 Å². The summed E-state index contributed by atoms with van der Waals surface area (Å²) in [5, 5.41) is 12.5. The average molecular weight is 265 g/mol. The molecule has 0 bridgehead atoms. The Morgan fingerprint density at radius 3 is 3.00 bits per heavy atom. The SMILES string of the molecule is Cc1ccc(C=CC(=O)NCC2CCCC2O)s1. The predicted molar refractivity (Wildman–Crippen MR) is 74.4 cm³/mol. The Bertz CT molecular complexity index is 439. The van der Waals surface area contributed by atoms with Crippen LogP contribution in [0.15, 0.2) is 18.2 Å². The van der Waals surface area contributed by atoms with E-state index in [0.717, 1.165) is 24.1 Å². The summed E-state index contributed by atoms with van der Waals surface area (Å²) < 4.78 is 0. The highest BCUT2D eigenvalue weighted by Crippen LogP contribution is 2.24. The van der Waals surface area contributed by atoms with E-state index in [1.165, 1.54) is 4.88 Å². The van der Waals surface area contributed by atoms with Crippen molar-refractivity contribution in [1.29, 1.82) is 0 Å². The quantitative estimate of drug-likeness (QED) is 0.821. The van der Waals surface area contributed by atoms with Gasteiger partial charge in [0.1, 0.15) is 0 Å². The number of rotatable bonds is 4. The van der Waals surface area contributed by atoms with E-state index in [4.69, 9.17) is 0 Å². The summed E-state index contributed by atoms with van der Waals surface area (Å²) in [4.78, 5) is 13.9. The second-order valence-electron chi connectivity index (χ2n) is 4.79. The van der Waals surface area contributed by atoms with Crippen molar-refractivity contribution >= 4 is 23.3 Å². The van der Waals surface area contributed by atoms with Crippen molar-refractivity contribution in [2.24, 2.45) is 5.92 Å². The van der Waals surface area contributed by atoms with Crippen molar-refractivity contribution < 1.29 is 9.90 Å². The van der Waals surface area contributed by atoms with Crippen molar-refractivity contribution in [3.8, 4) is 0 Å². The molecule has 4 heteroatoms. The van der Waals surface area contributed by atoms with Gasteiger partial charge in [-0.25, -0.2) is 0 Å². The van der Waals surface area contributed by atoms with Crippen molar-refractivity contribution in [3.63, 3.8) is 0 Å². The number of hydrogen-bond acceptors (Lipinski definition) is 3. The van der Waals surface area contributed by atoms with E-state index in [9.17, 15) is 9.90 Å². The molecule has 2 rings (SSSR count).